The van der Waals surface area contributed by atoms with Crippen molar-refractivity contribution >= 4 is 0 Å². The van der Waals surface area contributed by atoms with Gasteiger partial charge < -0.3 is 9.73 Å². The molecule has 92 valence electrons. The zero-order valence-electron chi connectivity index (χ0n) is 11.0. The first-order chi connectivity index (χ1) is 7.59. The molecule has 2 unspecified atom stereocenters. The summed E-state index contributed by atoms with van der Waals surface area (Å²) in [6.45, 7) is 8.96. The molecule has 0 amide bonds. The lowest BCUT2D eigenvalue weighted by Gasteiger charge is -2.18. The van der Waals surface area contributed by atoms with Crippen LogP contribution >= 0.6 is 0 Å². The predicted molar refractivity (Wildman–Crippen MR) is 68.4 cm³/mol. The third-order valence-electron chi connectivity index (χ3n) is 2.92. The second kappa shape index (κ2) is 6.74. The van der Waals surface area contributed by atoms with Gasteiger partial charge in [0, 0.05) is 6.04 Å². The van der Waals surface area contributed by atoms with Gasteiger partial charge >= 0.3 is 0 Å². The molecule has 1 aromatic rings. The Hall–Kier alpha value is -0.760. The maximum absolute atomic E-state index is 5.38. The fourth-order valence-corrected chi connectivity index (χ4v) is 1.96. The Labute approximate surface area is 99.4 Å². The van der Waals surface area contributed by atoms with Gasteiger partial charge in [-0.1, -0.05) is 26.7 Å². The topological polar surface area (TPSA) is 25.2 Å². The molecule has 16 heavy (non-hydrogen) atoms. The zero-order chi connectivity index (χ0) is 12.0. The van der Waals surface area contributed by atoms with Crippen molar-refractivity contribution in [2.75, 3.05) is 0 Å². The monoisotopic (exact) mass is 223 g/mol. The Morgan fingerprint density at radius 3 is 2.50 bits per heavy atom. The van der Waals surface area contributed by atoms with E-state index in [4.69, 9.17) is 4.42 Å². The van der Waals surface area contributed by atoms with E-state index in [1.807, 2.05) is 12.1 Å². The molecular formula is C14H25NO. The molecule has 2 nitrogen and oxygen atoms in total. The molecule has 2 heteroatoms. The summed E-state index contributed by atoms with van der Waals surface area (Å²) in [5.74, 6) is 1.84. The molecule has 1 heterocycles. The molecule has 0 aromatic carbocycles. The first-order valence-electron chi connectivity index (χ1n) is 6.39. The molecule has 0 aliphatic rings. The number of nitrogens with one attached hydrogen (secondary N) is 1. The van der Waals surface area contributed by atoms with Crippen LogP contribution in [0.3, 0.4) is 0 Å². The first-order valence-corrected chi connectivity index (χ1v) is 6.39. The molecule has 0 aliphatic heterocycles. The molecule has 1 N–H and O–H groups in total. The lowest BCUT2D eigenvalue weighted by atomic mass is 10.0. The molecule has 0 fully saturated rings. The largest absolute Gasteiger partial charge is 0.468 e. The number of rotatable bonds is 7. The number of hydrogen-bond acceptors (Lipinski definition) is 2. The van der Waals surface area contributed by atoms with Crippen LogP contribution in [0.15, 0.2) is 22.8 Å². The molecule has 2 atom stereocenters. The van der Waals surface area contributed by atoms with Crippen LogP contribution in [0.2, 0.25) is 0 Å². The standard InChI is InChI=1S/C14H25NO/c1-11(2)7-5-8-12(3)15-13(4)14-9-6-10-16-14/h6,9-13,15H,5,7-8H2,1-4H3. The van der Waals surface area contributed by atoms with Crippen LogP contribution in [0.1, 0.15) is 58.8 Å². The highest BCUT2D eigenvalue weighted by molar-refractivity contribution is 5.03. The third kappa shape index (κ3) is 4.84. The molecular weight excluding hydrogens is 198 g/mol. The minimum Gasteiger partial charge on any atom is -0.468 e. The smallest absolute Gasteiger partial charge is 0.120 e. The lowest BCUT2D eigenvalue weighted by Crippen LogP contribution is -2.28. The minimum absolute atomic E-state index is 0.309. The van der Waals surface area contributed by atoms with Gasteiger partial charge in [-0.2, -0.15) is 0 Å². The van der Waals surface area contributed by atoms with Crippen molar-refractivity contribution in [3.8, 4) is 0 Å². The SMILES string of the molecule is CC(C)CCCC(C)NC(C)c1ccco1. The van der Waals surface area contributed by atoms with Gasteiger partial charge in [0.1, 0.15) is 5.76 Å². The third-order valence-corrected chi connectivity index (χ3v) is 2.92. The van der Waals surface area contributed by atoms with Crippen molar-refractivity contribution in [1.82, 2.24) is 5.32 Å². The summed E-state index contributed by atoms with van der Waals surface area (Å²) in [6.07, 6.45) is 5.60. The van der Waals surface area contributed by atoms with Crippen LogP contribution in [0.25, 0.3) is 0 Å². The average molecular weight is 223 g/mol. The van der Waals surface area contributed by atoms with E-state index in [-0.39, 0.29) is 0 Å². The summed E-state index contributed by atoms with van der Waals surface area (Å²) in [5, 5.41) is 3.56. The quantitative estimate of drug-likeness (QED) is 0.751. The lowest BCUT2D eigenvalue weighted by molar-refractivity contribution is 0.377. The minimum atomic E-state index is 0.309. The molecule has 0 aliphatic carbocycles. The Morgan fingerprint density at radius 2 is 1.94 bits per heavy atom. The van der Waals surface area contributed by atoms with Crippen molar-refractivity contribution in [1.29, 1.82) is 0 Å². The summed E-state index contributed by atoms with van der Waals surface area (Å²) in [4.78, 5) is 0. The van der Waals surface area contributed by atoms with Gasteiger partial charge in [0.15, 0.2) is 0 Å². The fourth-order valence-electron chi connectivity index (χ4n) is 1.96. The van der Waals surface area contributed by atoms with E-state index < -0.39 is 0 Å². The molecule has 0 radical (unpaired) electrons. The summed E-state index contributed by atoms with van der Waals surface area (Å²) >= 11 is 0. The predicted octanol–water partition coefficient (Wildman–Crippen LogP) is 4.15. The fraction of sp³-hybridized carbons (Fsp3) is 0.714. The Bertz CT molecular complexity index is 266. The van der Waals surface area contributed by atoms with Crippen molar-refractivity contribution in [3.63, 3.8) is 0 Å². The van der Waals surface area contributed by atoms with E-state index in [1.54, 1.807) is 6.26 Å². The van der Waals surface area contributed by atoms with E-state index in [2.05, 4.69) is 33.0 Å². The van der Waals surface area contributed by atoms with Gasteiger partial charge in [-0.05, 0) is 38.3 Å². The van der Waals surface area contributed by atoms with E-state index in [0.29, 0.717) is 12.1 Å². The molecule has 0 bridgehead atoms. The van der Waals surface area contributed by atoms with Crippen LogP contribution in [0, 0.1) is 5.92 Å². The molecule has 0 saturated heterocycles. The van der Waals surface area contributed by atoms with Crippen LogP contribution in [-0.4, -0.2) is 6.04 Å². The van der Waals surface area contributed by atoms with Crippen molar-refractivity contribution in [2.45, 2.75) is 59.0 Å². The summed E-state index contributed by atoms with van der Waals surface area (Å²) in [7, 11) is 0. The van der Waals surface area contributed by atoms with Crippen LogP contribution < -0.4 is 5.32 Å². The highest BCUT2D eigenvalue weighted by atomic mass is 16.3. The second-order valence-corrected chi connectivity index (χ2v) is 5.13. The van der Waals surface area contributed by atoms with E-state index >= 15 is 0 Å². The highest BCUT2D eigenvalue weighted by Gasteiger charge is 2.11. The van der Waals surface area contributed by atoms with Gasteiger partial charge in [-0.25, -0.2) is 0 Å². The van der Waals surface area contributed by atoms with Crippen molar-refractivity contribution < 1.29 is 4.42 Å². The molecule has 1 rings (SSSR count). The molecule has 0 spiro atoms. The zero-order valence-corrected chi connectivity index (χ0v) is 11.0. The van der Waals surface area contributed by atoms with Crippen LogP contribution in [0.5, 0.6) is 0 Å². The number of hydrogen-bond donors (Lipinski definition) is 1. The Balaban J connectivity index is 2.21. The van der Waals surface area contributed by atoms with E-state index in [0.717, 1.165) is 11.7 Å². The van der Waals surface area contributed by atoms with Gasteiger partial charge in [0.2, 0.25) is 0 Å². The van der Waals surface area contributed by atoms with E-state index in [1.165, 1.54) is 19.3 Å². The summed E-state index contributed by atoms with van der Waals surface area (Å²) in [5.41, 5.74) is 0. The number of furan rings is 1. The van der Waals surface area contributed by atoms with Crippen molar-refractivity contribution in [2.24, 2.45) is 5.92 Å². The van der Waals surface area contributed by atoms with E-state index in [9.17, 15) is 0 Å². The average Bonchev–Trinajstić information content (AvgIpc) is 2.69. The second-order valence-electron chi connectivity index (χ2n) is 5.13. The first kappa shape index (κ1) is 13.3. The van der Waals surface area contributed by atoms with Gasteiger partial charge in [0.05, 0.1) is 12.3 Å². The van der Waals surface area contributed by atoms with Gasteiger partial charge in [-0.3, -0.25) is 0 Å². The van der Waals surface area contributed by atoms with Crippen molar-refractivity contribution in [3.05, 3.63) is 24.2 Å². The summed E-state index contributed by atoms with van der Waals surface area (Å²) < 4.78 is 5.38. The Morgan fingerprint density at radius 1 is 1.19 bits per heavy atom. The highest BCUT2D eigenvalue weighted by Crippen LogP contribution is 2.15. The van der Waals surface area contributed by atoms with Gasteiger partial charge in [0.25, 0.3) is 0 Å². The van der Waals surface area contributed by atoms with Gasteiger partial charge in [-0.15, -0.1) is 0 Å². The normalized spacial score (nSPS) is 15.3. The molecule has 1 aromatic heterocycles. The molecule has 0 saturated carbocycles. The summed E-state index contributed by atoms with van der Waals surface area (Å²) in [6, 6.07) is 4.83. The Kier molecular flexibility index (Phi) is 5.61. The maximum atomic E-state index is 5.38. The van der Waals surface area contributed by atoms with Crippen LogP contribution in [-0.2, 0) is 0 Å². The maximum Gasteiger partial charge on any atom is 0.120 e. The van der Waals surface area contributed by atoms with Crippen LogP contribution in [0.4, 0.5) is 0 Å².